The Morgan fingerprint density at radius 3 is 2.61 bits per heavy atom. The van der Waals surface area contributed by atoms with E-state index in [1.807, 2.05) is 18.2 Å². The van der Waals surface area contributed by atoms with E-state index in [2.05, 4.69) is 17.4 Å². The molecule has 1 aliphatic rings. The molecule has 0 spiro atoms. The van der Waals surface area contributed by atoms with Crippen LogP contribution in [0.4, 0.5) is 0 Å². The summed E-state index contributed by atoms with van der Waals surface area (Å²) in [5, 5.41) is 3.55. The van der Waals surface area contributed by atoms with Crippen molar-refractivity contribution in [2.45, 2.75) is 18.9 Å². The first-order valence-electron chi connectivity index (χ1n) is 9.82. The molecular weight excluding hydrogens is 435 g/mol. The molecular formula is C24H20Cl2N2O3. The van der Waals surface area contributed by atoms with Crippen LogP contribution in [0.5, 0.6) is 5.75 Å². The summed E-state index contributed by atoms with van der Waals surface area (Å²) in [4.78, 5) is 23.2. The maximum atomic E-state index is 12.3. The standard InChI is InChI=1S/C24H20Cl2N2O3/c25-18-7-9-22(20(26)12-18)31-21-8-6-14-4-5-16(11-19(14)21)15-2-1-3-17(10-15)24(30)28-13-23(27)29/h1-5,7,9-12,21H,6,8,13H2,(H2,27,29)(H,28,30). The van der Waals surface area contributed by atoms with Crippen LogP contribution in [-0.2, 0) is 11.2 Å². The van der Waals surface area contributed by atoms with Gasteiger partial charge in [-0.05, 0) is 71.5 Å². The van der Waals surface area contributed by atoms with Gasteiger partial charge in [-0.1, -0.05) is 47.5 Å². The summed E-state index contributed by atoms with van der Waals surface area (Å²) in [7, 11) is 0. The molecule has 1 atom stereocenters. The van der Waals surface area contributed by atoms with E-state index in [9.17, 15) is 9.59 Å². The largest absolute Gasteiger partial charge is 0.484 e. The number of ether oxygens (including phenoxy) is 1. The van der Waals surface area contributed by atoms with Gasteiger partial charge >= 0.3 is 0 Å². The molecule has 7 heteroatoms. The maximum absolute atomic E-state index is 12.3. The zero-order valence-corrected chi connectivity index (χ0v) is 18.0. The van der Waals surface area contributed by atoms with Gasteiger partial charge in [-0.2, -0.15) is 0 Å². The molecule has 3 N–H and O–H groups in total. The highest BCUT2D eigenvalue weighted by Gasteiger charge is 2.25. The van der Waals surface area contributed by atoms with Crippen molar-refractivity contribution in [3.8, 4) is 16.9 Å². The van der Waals surface area contributed by atoms with Crippen molar-refractivity contribution in [3.63, 3.8) is 0 Å². The average molecular weight is 455 g/mol. The molecule has 0 saturated carbocycles. The zero-order chi connectivity index (χ0) is 22.0. The SMILES string of the molecule is NC(=O)CNC(=O)c1cccc(-c2ccc3c(c2)C(Oc2ccc(Cl)cc2Cl)CC3)c1. The third-order valence-corrected chi connectivity index (χ3v) is 5.74. The summed E-state index contributed by atoms with van der Waals surface area (Å²) in [6, 6.07) is 18.7. The number of primary amides is 1. The second kappa shape index (κ2) is 9.00. The van der Waals surface area contributed by atoms with Crippen molar-refractivity contribution in [3.05, 3.63) is 87.4 Å². The number of nitrogens with two attached hydrogens (primary N) is 1. The van der Waals surface area contributed by atoms with Crippen molar-refractivity contribution >= 4 is 35.0 Å². The average Bonchev–Trinajstić information content (AvgIpc) is 3.16. The van der Waals surface area contributed by atoms with Gasteiger partial charge in [0.15, 0.2) is 0 Å². The Morgan fingerprint density at radius 2 is 1.84 bits per heavy atom. The Hall–Kier alpha value is -3.02. The molecule has 4 rings (SSSR count). The van der Waals surface area contributed by atoms with Crippen LogP contribution in [0.25, 0.3) is 11.1 Å². The number of carbonyl (C=O) groups excluding carboxylic acids is 2. The molecule has 0 bridgehead atoms. The van der Waals surface area contributed by atoms with Crippen LogP contribution in [0.15, 0.2) is 60.7 Å². The lowest BCUT2D eigenvalue weighted by Crippen LogP contribution is -2.33. The molecule has 2 amide bonds. The number of hydrogen-bond acceptors (Lipinski definition) is 3. The quantitative estimate of drug-likeness (QED) is 0.553. The molecule has 0 fully saturated rings. The molecule has 0 saturated heterocycles. The zero-order valence-electron chi connectivity index (χ0n) is 16.5. The van der Waals surface area contributed by atoms with Gasteiger partial charge in [0.1, 0.15) is 11.9 Å². The Kier molecular flexibility index (Phi) is 6.16. The van der Waals surface area contributed by atoms with Crippen LogP contribution >= 0.6 is 23.2 Å². The van der Waals surface area contributed by atoms with Crippen LogP contribution in [0, 0.1) is 0 Å². The van der Waals surface area contributed by atoms with E-state index in [4.69, 9.17) is 33.7 Å². The molecule has 0 aromatic heterocycles. The van der Waals surface area contributed by atoms with Gasteiger partial charge in [0.2, 0.25) is 5.91 Å². The topological polar surface area (TPSA) is 81.4 Å². The van der Waals surface area contributed by atoms with Crippen molar-refractivity contribution in [1.82, 2.24) is 5.32 Å². The van der Waals surface area contributed by atoms with Crippen LogP contribution in [0.2, 0.25) is 10.0 Å². The number of hydrogen-bond donors (Lipinski definition) is 2. The number of nitrogens with one attached hydrogen (secondary N) is 1. The minimum absolute atomic E-state index is 0.115. The number of aryl methyl sites for hydroxylation is 1. The van der Waals surface area contributed by atoms with Crippen LogP contribution in [0.1, 0.15) is 34.0 Å². The van der Waals surface area contributed by atoms with Gasteiger partial charge in [-0.25, -0.2) is 0 Å². The number of amides is 2. The lowest BCUT2D eigenvalue weighted by atomic mass is 9.98. The normalized spacial score (nSPS) is 14.7. The summed E-state index contributed by atoms with van der Waals surface area (Å²) in [5.41, 5.74) is 9.76. The fraction of sp³-hybridized carbons (Fsp3) is 0.167. The number of rotatable bonds is 6. The lowest BCUT2D eigenvalue weighted by molar-refractivity contribution is -0.117. The van der Waals surface area contributed by atoms with Crippen molar-refractivity contribution in [1.29, 1.82) is 0 Å². The second-order valence-corrected chi connectivity index (χ2v) is 8.21. The van der Waals surface area contributed by atoms with Crippen molar-refractivity contribution in [2.24, 2.45) is 5.73 Å². The van der Waals surface area contributed by atoms with E-state index in [1.54, 1.807) is 30.3 Å². The summed E-state index contributed by atoms with van der Waals surface area (Å²) in [6.45, 7) is -0.200. The smallest absolute Gasteiger partial charge is 0.251 e. The third kappa shape index (κ3) is 4.84. The van der Waals surface area contributed by atoms with Gasteiger partial charge in [0, 0.05) is 10.6 Å². The predicted molar refractivity (Wildman–Crippen MR) is 122 cm³/mol. The molecule has 1 aliphatic carbocycles. The fourth-order valence-electron chi connectivity index (χ4n) is 3.70. The maximum Gasteiger partial charge on any atom is 0.251 e. The fourth-order valence-corrected chi connectivity index (χ4v) is 4.15. The number of carbonyl (C=O) groups is 2. The van der Waals surface area contributed by atoms with E-state index in [0.717, 1.165) is 29.5 Å². The highest BCUT2D eigenvalue weighted by molar-refractivity contribution is 6.35. The van der Waals surface area contributed by atoms with Gasteiger partial charge in [-0.15, -0.1) is 0 Å². The first-order valence-corrected chi connectivity index (χ1v) is 10.6. The van der Waals surface area contributed by atoms with Crippen LogP contribution in [0.3, 0.4) is 0 Å². The van der Waals surface area contributed by atoms with E-state index in [0.29, 0.717) is 21.4 Å². The molecule has 0 heterocycles. The predicted octanol–water partition coefficient (Wildman–Crippen LogP) is 4.94. The number of fused-ring (bicyclic) bond motifs is 1. The Labute approximate surface area is 190 Å². The molecule has 0 aliphatic heterocycles. The monoisotopic (exact) mass is 454 g/mol. The van der Waals surface area contributed by atoms with Gasteiger partial charge < -0.3 is 15.8 Å². The van der Waals surface area contributed by atoms with E-state index in [-0.39, 0.29) is 18.6 Å². The van der Waals surface area contributed by atoms with E-state index < -0.39 is 5.91 Å². The molecule has 3 aromatic rings. The number of halogens is 2. The second-order valence-electron chi connectivity index (χ2n) is 7.36. The summed E-state index contributed by atoms with van der Waals surface area (Å²) < 4.78 is 6.20. The number of benzene rings is 3. The van der Waals surface area contributed by atoms with Crippen LogP contribution < -0.4 is 15.8 Å². The highest BCUT2D eigenvalue weighted by Crippen LogP contribution is 2.39. The summed E-state index contributed by atoms with van der Waals surface area (Å²) in [5.74, 6) is -0.335. The van der Waals surface area contributed by atoms with E-state index >= 15 is 0 Å². The van der Waals surface area contributed by atoms with Gasteiger partial charge in [0.05, 0.1) is 11.6 Å². The van der Waals surface area contributed by atoms with Gasteiger partial charge in [-0.3, -0.25) is 9.59 Å². The first kappa shape index (κ1) is 21.2. The molecule has 1 unspecified atom stereocenters. The molecule has 5 nitrogen and oxygen atoms in total. The van der Waals surface area contributed by atoms with Crippen molar-refractivity contribution < 1.29 is 14.3 Å². The van der Waals surface area contributed by atoms with Gasteiger partial charge in [0.25, 0.3) is 5.91 Å². The Morgan fingerprint density at radius 1 is 1.03 bits per heavy atom. The third-order valence-electron chi connectivity index (χ3n) is 5.21. The molecule has 0 radical (unpaired) electrons. The molecule has 3 aromatic carbocycles. The molecule has 158 valence electrons. The Bertz CT molecular complexity index is 1160. The van der Waals surface area contributed by atoms with Crippen LogP contribution in [-0.4, -0.2) is 18.4 Å². The molecule has 31 heavy (non-hydrogen) atoms. The lowest BCUT2D eigenvalue weighted by Gasteiger charge is -2.17. The first-order chi connectivity index (χ1) is 14.9. The Balaban J connectivity index is 1.58. The van der Waals surface area contributed by atoms with Crippen molar-refractivity contribution in [2.75, 3.05) is 6.54 Å². The highest BCUT2D eigenvalue weighted by atomic mass is 35.5. The minimum Gasteiger partial charge on any atom is -0.484 e. The summed E-state index contributed by atoms with van der Waals surface area (Å²) >= 11 is 12.3. The minimum atomic E-state index is -0.588. The van der Waals surface area contributed by atoms with E-state index in [1.165, 1.54) is 5.56 Å². The summed E-state index contributed by atoms with van der Waals surface area (Å²) in [6.07, 6.45) is 1.66.